The number of likely N-dealkylation sites (tertiary alicyclic amines) is 1. The highest BCUT2D eigenvalue weighted by Crippen LogP contribution is 2.24. The van der Waals surface area contributed by atoms with Crippen LogP contribution in [0.5, 0.6) is 0 Å². The molecule has 1 heterocycles. The summed E-state index contributed by atoms with van der Waals surface area (Å²) in [6.45, 7) is 7.75. The zero-order valence-corrected chi connectivity index (χ0v) is 12.7. The van der Waals surface area contributed by atoms with Crippen molar-refractivity contribution in [2.24, 2.45) is 0 Å². The number of β-amino-alcohol motifs (C(OH)–C–C–N with tert-alkyl or cyclic N) is 1. The van der Waals surface area contributed by atoms with Gasteiger partial charge in [-0.3, -0.25) is 4.79 Å². The summed E-state index contributed by atoms with van der Waals surface area (Å²) in [5.74, 6) is -0.280. The minimum Gasteiger partial charge on any atom is -0.466 e. The van der Waals surface area contributed by atoms with Crippen molar-refractivity contribution in [2.45, 2.75) is 64.7 Å². The maximum absolute atomic E-state index is 12.1. The average Bonchev–Trinajstić information content (AvgIpc) is 2.66. The molecule has 0 radical (unpaired) electrons. The molecule has 0 bridgehead atoms. The smallest absolute Gasteiger partial charge is 0.410 e. The standard InChI is InChI=1S/C14H25NO5/c1-5-19-12(17)7-6-10-8-11(16)9-15(10)13(18)20-14(2,3)4/h10-11,16H,5-9H2,1-4H3/t10-,11+/m0/s1. The van der Waals surface area contributed by atoms with Gasteiger partial charge in [0.2, 0.25) is 0 Å². The molecule has 1 saturated heterocycles. The predicted molar refractivity (Wildman–Crippen MR) is 73.2 cm³/mol. The van der Waals surface area contributed by atoms with Crippen LogP contribution in [-0.2, 0) is 14.3 Å². The molecule has 1 fully saturated rings. The summed E-state index contributed by atoms with van der Waals surface area (Å²) in [6, 6.07) is -0.177. The lowest BCUT2D eigenvalue weighted by molar-refractivity contribution is -0.143. The van der Waals surface area contributed by atoms with Crippen molar-refractivity contribution in [3.8, 4) is 0 Å². The first-order valence-electron chi connectivity index (χ1n) is 7.06. The Labute approximate surface area is 120 Å². The van der Waals surface area contributed by atoms with E-state index in [1.54, 1.807) is 27.7 Å². The number of amides is 1. The molecular formula is C14H25NO5. The number of carbonyl (C=O) groups is 2. The van der Waals surface area contributed by atoms with Gasteiger partial charge in [0.15, 0.2) is 0 Å². The summed E-state index contributed by atoms with van der Waals surface area (Å²) in [5.41, 5.74) is -0.573. The maximum atomic E-state index is 12.1. The normalized spacial score (nSPS) is 22.8. The highest BCUT2D eigenvalue weighted by atomic mass is 16.6. The van der Waals surface area contributed by atoms with Crippen LogP contribution < -0.4 is 0 Å². The largest absolute Gasteiger partial charge is 0.466 e. The Balaban J connectivity index is 2.55. The van der Waals surface area contributed by atoms with Crippen molar-refractivity contribution >= 4 is 12.1 Å². The Kier molecular flexibility index (Phi) is 5.80. The van der Waals surface area contributed by atoms with Crippen molar-refractivity contribution < 1.29 is 24.2 Å². The molecule has 0 aromatic rings. The van der Waals surface area contributed by atoms with Gasteiger partial charge in [0.25, 0.3) is 0 Å². The third kappa shape index (κ3) is 5.36. The van der Waals surface area contributed by atoms with Crippen LogP contribution in [0.2, 0.25) is 0 Å². The summed E-state index contributed by atoms with van der Waals surface area (Å²) >= 11 is 0. The third-order valence-corrected chi connectivity index (χ3v) is 3.01. The quantitative estimate of drug-likeness (QED) is 0.796. The zero-order chi connectivity index (χ0) is 15.3. The summed E-state index contributed by atoms with van der Waals surface area (Å²) in [6.07, 6.45) is 0.191. The van der Waals surface area contributed by atoms with E-state index in [-0.39, 0.29) is 25.0 Å². The van der Waals surface area contributed by atoms with Crippen LogP contribution in [0.15, 0.2) is 0 Å². The third-order valence-electron chi connectivity index (χ3n) is 3.01. The van der Waals surface area contributed by atoms with E-state index in [4.69, 9.17) is 9.47 Å². The number of aliphatic hydroxyl groups excluding tert-OH is 1. The highest BCUT2D eigenvalue weighted by molar-refractivity contribution is 5.70. The van der Waals surface area contributed by atoms with E-state index in [2.05, 4.69) is 0 Å². The van der Waals surface area contributed by atoms with Crippen LogP contribution in [0.1, 0.15) is 47.0 Å². The molecule has 0 spiro atoms. The highest BCUT2D eigenvalue weighted by Gasteiger charge is 2.36. The van der Waals surface area contributed by atoms with Crippen LogP contribution in [0.4, 0.5) is 4.79 Å². The summed E-state index contributed by atoms with van der Waals surface area (Å²) < 4.78 is 10.2. The minimum atomic E-state index is -0.573. The van der Waals surface area contributed by atoms with Gasteiger partial charge in [0.05, 0.1) is 19.3 Å². The van der Waals surface area contributed by atoms with E-state index in [1.807, 2.05) is 0 Å². The fourth-order valence-electron chi connectivity index (χ4n) is 2.23. The number of nitrogens with zero attached hydrogens (tertiary/aromatic N) is 1. The molecule has 0 aliphatic carbocycles. The van der Waals surface area contributed by atoms with Crippen molar-refractivity contribution in [3.63, 3.8) is 0 Å². The first-order valence-corrected chi connectivity index (χ1v) is 7.06. The van der Waals surface area contributed by atoms with E-state index in [9.17, 15) is 14.7 Å². The second-order valence-corrected chi connectivity index (χ2v) is 6.02. The summed E-state index contributed by atoms with van der Waals surface area (Å²) in [5, 5.41) is 9.72. The second-order valence-electron chi connectivity index (χ2n) is 6.02. The Bertz CT molecular complexity index is 350. The molecular weight excluding hydrogens is 262 g/mol. The van der Waals surface area contributed by atoms with Gasteiger partial charge in [-0.2, -0.15) is 0 Å². The van der Waals surface area contributed by atoms with Crippen LogP contribution >= 0.6 is 0 Å². The Morgan fingerprint density at radius 2 is 2.00 bits per heavy atom. The van der Waals surface area contributed by atoms with E-state index in [0.717, 1.165) is 0 Å². The molecule has 0 aromatic heterocycles. The first kappa shape index (κ1) is 16.8. The fraction of sp³-hybridized carbons (Fsp3) is 0.857. The van der Waals surface area contributed by atoms with Gasteiger partial charge < -0.3 is 19.5 Å². The Hall–Kier alpha value is -1.30. The molecule has 6 heteroatoms. The molecule has 2 atom stereocenters. The summed E-state index contributed by atoms with van der Waals surface area (Å²) in [4.78, 5) is 24.9. The monoisotopic (exact) mass is 287 g/mol. The van der Waals surface area contributed by atoms with Crippen molar-refractivity contribution in [1.29, 1.82) is 0 Å². The molecule has 1 N–H and O–H groups in total. The molecule has 1 rings (SSSR count). The van der Waals surface area contributed by atoms with Crippen molar-refractivity contribution in [1.82, 2.24) is 4.90 Å². The minimum absolute atomic E-state index is 0.177. The molecule has 20 heavy (non-hydrogen) atoms. The molecule has 0 aromatic carbocycles. The van der Waals surface area contributed by atoms with Gasteiger partial charge >= 0.3 is 12.1 Å². The average molecular weight is 287 g/mol. The van der Waals surface area contributed by atoms with Gasteiger partial charge in [-0.25, -0.2) is 4.79 Å². The maximum Gasteiger partial charge on any atom is 0.410 e. The number of carbonyl (C=O) groups excluding carboxylic acids is 2. The lowest BCUT2D eigenvalue weighted by atomic mass is 10.1. The van der Waals surface area contributed by atoms with Gasteiger partial charge in [-0.1, -0.05) is 0 Å². The SMILES string of the molecule is CCOC(=O)CC[C@H]1C[C@@H](O)CN1C(=O)OC(C)(C)C. The Morgan fingerprint density at radius 3 is 2.55 bits per heavy atom. The Morgan fingerprint density at radius 1 is 1.35 bits per heavy atom. The topological polar surface area (TPSA) is 76.1 Å². The number of aliphatic hydroxyl groups is 1. The molecule has 0 unspecified atom stereocenters. The molecule has 1 amide bonds. The predicted octanol–water partition coefficient (Wildman–Crippen LogP) is 1.70. The summed E-state index contributed by atoms with van der Waals surface area (Å²) in [7, 11) is 0. The molecule has 1 aliphatic heterocycles. The van der Waals surface area contributed by atoms with E-state index in [0.29, 0.717) is 19.4 Å². The van der Waals surface area contributed by atoms with Crippen LogP contribution in [-0.4, -0.2) is 53.0 Å². The number of ether oxygens (including phenoxy) is 2. The second kappa shape index (κ2) is 6.92. The van der Waals surface area contributed by atoms with Crippen LogP contribution in [0.25, 0.3) is 0 Å². The number of hydrogen-bond donors (Lipinski definition) is 1. The number of hydrogen-bond acceptors (Lipinski definition) is 5. The van der Waals surface area contributed by atoms with Gasteiger partial charge in [0.1, 0.15) is 5.60 Å². The number of rotatable bonds is 4. The molecule has 6 nitrogen and oxygen atoms in total. The molecule has 1 aliphatic rings. The van der Waals surface area contributed by atoms with Gasteiger partial charge in [0, 0.05) is 12.5 Å². The zero-order valence-electron chi connectivity index (χ0n) is 12.7. The molecule has 116 valence electrons. The number of esters is 1. The lowest BCUT2D eigenvalue weighted by Gasteiger charge is -2.28. The van der Waals surface area contributed by atoms with E-state index in [1.165, 1.54) is 4.90 Å². The van der Waals surface area contributed by atoms with Crippen LogP contribution in [0.3, 0.4) is 0 Å². The fourth-order valence-corrected chi connectivity index (χ4v) is 2.23. The van der Waals surface area contributed by atoms with E-state index < -0.39 is 17.8 Å². The van der Waals surface area contributed by atoms with Gasteiger partial charge in [-0.15, -0.1) is 0 Å². The van der Waals surface area contributed by atoms with E-state index >= 15 is 0 Å². The van der Waals surface area contributed by atoms with Crippen molar-refractivity contribution in [2.75, 3.05) is 13.2 Å². The van der Waals surface area contributed by atoms with Crippen LogP contribution in [0, 0.1) is 0 Å². The van der Waals surface area contributed by atoms with Gasteiger partial charge in [-0.05, 0) is 40.5 Å². The molecule has 0 saturated carbocycles. The lowest BCUT2D eigenvalue weighted by Crippen LogP contribution is -2.40. The first-order chi connectivity index (χ1) is 9.23. The van der Waals surface area contributed by atoms with Crippen molar-refractivity contribution in [3.05, 3.63) is 0 Å².